The van der Waals surface area contributed by atoms with Gasteiger partial charge in [0.05, 0.1) is 7.11 Å². The molecule has 0 spiro atoms. The van der Waals surface area contributed by atoms with Gasteiger partial charge in [-0.1, -0.05) is 5.57 Å². The molecule has 0 aliphatic carbocycles. The third kappa shape index (κ3) is 8.57. The number of allylic oxidation sites excluding steroid dienone is 2. The Morgan fingerprint density at radius 2 is 1.53 bits per heavy atom. The Morgan fingerprint density at radius 1 is 0.853 bits per heavy atom. The van der Waals surface area contributed by atoms with Crippen molar-refractivity contribution >= 4 is 11.9 Å². The maximum absolute atomic E-state index is 12.7. The van der Waals surface area contributed by atoms with Crippen LogP contribution < -0.4 is 18.9 Å². The van der Waals surface area contributed by atoms with E-state index in [1.165, 1.54) is 18.8 Å². The maximum atomic E-state index is 12.7. The van der Waals surface area contributed by atoms with Crippen molar-refractivity contribution in [1.29, 1.82) is 0 Å². The van der Waals surface area contributed by atoms with Crippen molar-refractivity contribution in [2.75, 3.05) is 40.5 Å². The minimum absolute atomic E-state index is 0.0337. The summed E-state index contributed by atoms with van der Waals surface area (Å²) in [5, 5.41) is 0. The molecule has 0 atom stereocenters. The average Bonchev–Trinajstić information content (AvgIpc) is 2.83. The van der Waals surface area contributed by atoms with Crippen LogP contribution in [-0.4, -0.2) is 46.3 Å². The lowest BCUT2D eigenvalue weighted by Crippen LogP contribution is -2.08. The second-order valence-electron chi connectivity index (χ2n) is 7.34. The lowest BCUT2D eigenvalue weighted by Gasteiger charge is -2.17. The van der Waals surface area contributed by atoms with E-state index < -0.39 is 0 Å². The summed E-state index contributed by atoms with van der Waals surface area (Å²) < 4.78 is 33.2. The van der Waals surface area contributed by atoms with Crippen LogP contribution in [0.4, 0.5) is 0 Å². The van der Waals surface area contributed by atoms with E-state index in [0.717, 1.165) is 0 Å². The fourth-order valence-electron chi connectivity index (χ4n) is 2.81. The van der Waals surface area contributed by atoms with Crippen molar-refractivity contribution < 1.29 is 33.2 Å². The lowest BCUT2D eigenvalue weighted by molar-refractivity contribution is 0.00489. The van der Waals surface area contributed by atoms with Gasteiger partial charge < -0.3 is 28.4 Å². The molecule has 7 heteroatoms. The van der Waals surface area contributed by atoms with Gasteiger partial charge in [0.15, 0.2) is 30.9 Å². The Hall–Kier alpha value is -3.29. The summed E-state index contributed by atoms with van der Waals surface area (Å²) >= 11 is 0. The molecule has 0 fully saturated rings. The number of ketones is 1. The molecule has 0 aliphatic heterocycles. The smallest absolute Gasteiger partial charge is 0.206 e. The van der Waals surface area contributed by atoms with E-state index in [2.05, 4.69) is 0 Å². The van der Waals surface area contributed by atoms with E-state index in [1.54, 1.807) is 42.5 Å². The summed E-state index contributed by atoms with van der Waals surface area (Å²) in [6.45, 7) is 9.42. The van der Waals surface area contributed by atoms with Gasteiger partial charge in [-0.05, 0) is 82.3 Å². The van der Waals surface area contributed by atoms with E-state index >= 15 is 0 Å². The number of carbonyl (C=O) groups is 1. The van der Waals surface area contributed by atoms with Crippen molar-refractivity contribution in [3.63, 3.8) is 0 Å². The molecule has 0 aromatic heterocycles. The van der Waals surface area contributed by atoms with Gasteiger partial charge in [-0.25, -0.2) is 0 Å². The Labute approximate surface area is 201 Å². The first kappa shape index (κ1) is 27.0. The van der Waals surface area contributed by atoms with Crippen LogP contribution >= 0.6 is 0 Å². The topological polar surface area (TPSA) is 72.5 Å². The molecule has 0 unspecified atom stereocenters. The average molecular weight is 471 g/mol. The fourth-order valence-corrected chi connectivity index (χ4v) is 2.81. The van der Waals surface area contributed by atoms with Gasteiger partial charge in [0.25, 0.3) is 0 Å². The molecule has 0 bridgehead atoms. The largest absolute Gasteiger partial charge is 0.492 e. The molecule has 0 aliphatic rings. The third-order valence-electron chi connectivity index (χ3n) is 4.60. The highest BCUT2D eigenvalue weighted by Gasteiger charge is 2.17. The Kier molecular flexibility index (Phi) is 11.7. The predicted molar refractivity (Wildman–Crippen MR) is 132 cm³/mol. The van der Waals surface area contributed by atoms with Gasteiger partial charge in [-0.3, -0.25) is 4.79 Å². The molecule has 34 heavy (non-hydrogen) atoms. The van der Waals surface area contributed by atoms with E-state index in [1.807, 2.05) is 33.8 Å². The van der Waals surface area contributed by atoms with E-state index in [9.17, 15) is 4.79 Å². The normalized spacial score (nSPS) is 10.7. The monoisotopic (exact) mass is 470 g/mol. The third-order valence-corrected chi connectivity index (χ3v) is 4.60. The van der Waals surface area contributed by atoms with Crippen LogP contribution in [0.25, 0.3) is 6.08 Å². The highest BCUT2D eigenvalue weighted by molar-refractivity contribution is 6.07. The molecular formula is C27H34O7. The number of hydrogen-bond donors (Lipinski definition) is 0. The summed E-state index contributed by atoms with van der Waals surface area (Å²) in [7, 11) is 1.53. The number of ether oxygens (including phenoxy) is 6. The zero-order valence-electron chi connectivity index (χ0n) is 20.6. The van der Waals surface area contributed by atoms with Crippen LogP contribution in [0.3, 0.4) is 0 Å². The van der Waals surface area contributed by atoms with Gasteiger partial charge in [0, 0.05) is 24.3 Å². The van der Waals surface area contributed by atoms with Gasteiger partial charge in [0.1, 0.15) is 12.4 Å². The SMILES string of the molecule is CCOCOc1ccc(C=CC(=O)c2ccc(OCC=C(C)C)cc2)c(OC)c1OCOCC. The molecule has 184 valence electrons. The van der Waals surface area contributed by atoms with Crippen molar-refractivity contribution in [3.8, 4) is 23.0 Å². The van der Waals surface area contributed by atoms with Crippen molar-refractivity contribution in [2.45, 2.75) is 27.7 Å². The fraction of sp³-hybridized carbons (Fsp3) is 0.370. The van der Waals surface area contributed by atoms with Crippen LogP contribution in [0.5, 0.6) is 23.0 Å². The molecule has 2 aromatic carbocycles. The quantitative estimate of drug-likeness (QED) is 0.109. The zero-order valence-corrected chi connectivity index (χ0v) is 20.6. The summed E-state index contributed by atoms with van der Waals surface area (Å²) in [6, 6.07) is 10.6. The van der Waals surface area contributed by atoms with Gasteiger partial charge >= 0.3 is 0 Å². The molecule has 0 amide bonds. The molecule has 0 heterocycles. The van der Waals surface area contributed by atoms with Crippen molar-refractivity contribution in [1.82, 2.24) is 0 Å². The van der Waals surface area contributed by atoms with Crippen molar-refractivity contribution in [2.24, 2.45) is 0 Å². The molecule has 0 radical (unpaired) electrons. The van der Waals surface area contributed by atoms with Crippen LogP contribution in [-0.2, 0) is 9.47 Å². The molecule has 2 aromatic rings. The minimum Gasteiger partial charge on any atom is -0.492 e. The molecule has 0 saturated heterocycles. The first-order valence-corrected chi connectivity index (χ1v) is 11.2. The molecule has 0 N–H and O–H groups in total. The number of methoxy groups -OCH3 is 1. The second-order valence-corrected chi connectivity index (χ2v) is 7.34. The summed E-state index contributed by atoms with van der Waals surface area (Å²) in [6.07, 6.45) is 5.17. The summed E-state index contributed by atoms with van der Waals surface area (Å²) in [4.78, 5) is 12.7. The van der Waals surface area contributed by atoms with E-state index in [0.29, 0.717) is 53.9 Å². The Balaban J connectivity index is 2.18. The van der Waals surface area contributed by atoms with Crippen LogP contribution in [0.2, 0.25) is 0 Å². The maximum Gasteiger partial charge on any atom is 0.206 e. The summed E-state index contributed by atoms with van der Waals surface area (Å²) in [5.41, 5.74) is 2.40. The molecular weight excluding hydrogens is 436 g/mol. The second kappa shape index (κ2) is 14.8. The first-order chi connectivity index (χ1) is 16.5. The van der Waals surface area contributed by atoms with Crippen LogP contribution in [0.1, 0.15) is 43.6 Å². The Morgan fingerprint density at radius 3 is 2.15 bits per heavy atom. The number of hydrogen-bond acceptors (Lipinski definition) is 7. The number of carbonyl (C=O) groups excluding carboxylic acids is 1. The Bertz CT molecular complexity index is 958. The van der Waals surface area contributed by atoms with Gasteiger partial charge in [-0.15, -0.1) is 0 Å². The molecule has 0 saturated carbocycles. The summed E-state index contributed by atoms with van der Waals surface area (Å²) in [5.74, 6) is 1.82. The zero-order chi connectivity index (χ0) is 24.8. The van der Waals surface area contributed by atoms with Crippen molar-refractivity contribution in [3.05, 3.63) is 65.3 Å². The minimum atomic E-state index is -0.147. The van der Waals surface area contributed by atoms with Gasteiger partial charge in [0.2, 0.25) is 5.75 Å². The number of rotatable bonds is 15. The predicted octanol–water partition coefficient (Wildman–Crippen LogP) is 5.68. The highest BCUT2D eigenvalue weighted by atomic mass is 16.7. The van der Waals surface area contributed by atoms with Gasteiger partial charge in [-0.2, -0.15) is 0 Å². The van der Waals surface area contributed by atoms with E-state index in [4.69, 9.17) is 28.4 Å². The number of benzene rings is 2. The van der Waals surface area contributed by atoms with Crippen LogP contribution in [0, 0.1) is 0 Å². The standard InChI is InChI=1S/C27H34O7/c1-6-30-18-33-25-15-11-22(26(29-5)27(25)34-19-31-7-2)10-14-24(28)21-8-12-23(13-9-21)32-17-16-20(3)4/h8-16H,6-7,17-19H2,1-5H3. The molecule has 2 rings (SSSR count). The molecule has 7 nitrogen and oxygen atoms in total. The van der Waals surface area contributed by atoms with Crippen LogP contribution in [0.15, 0.2) is 54.1 Å². The highest BCUT2D eigenvalue weighted by Crippen LogP contribution is 2.41. The first-order valence-electron chi connectivity index (χ1n) is 11.2. The lowest BCUT2D eigenvalue weighted by atomic mass is 10.1. The van der Waals surface area contributed by atoms with E-state index in [-0.39, 0.29) is 19.4 Å².